The molecule has 80 valence electrons. The first-order valence-electron chi connectivity index (χ1n) is 4.27. The van der Waals surface area contributed by atoms with Gasteiger partial charge < -0.3 is 5.48 Å². The minimum absolute atomic E-state index is 0. The summed E-state index contributed by atoms with van der Waals surface area (Å²) in [7, 11) is 0. The molecule has 2 aromatic carbocycles. The van der Waals surface area contributed by atoms with Gasteiger partial charge in [0.15, 0.2) is 0 Å². The van der Waals surface area contributed by atoms with E-state index in [0.717, 1.165) is 0 Å². The standard InChI is InChI=1S/2C6H6Se.H2O/c2*7-6-4-2-1-3-5-6;/h2*1-5,7H;1H2. The first kappa shape index (κ1) is 14.4. The summed E-state index contributed by atoms with van der Waals surface area (Å²) in [6.07, 6.45) is 0. The van der Waals surface area contributed by atoms with Gasteiger partial charge in [0.05, 0.1) is 0 Å². The Hall–Kier alpha value is -0.561. The molecule has 0 amide bonds. The fraction of sp³-hybridized carbons (Fsp3) is 0. The zero-order valence-electron chi connectivity index (χ0n) is 8.17. The number of hydrogen-bond acceptors (Lipinski definition) is 0. The van der Waals surface area contributed by atoms with Gasteiger partial charge in [-0.1, -0.05) is 0 Å². The molecule has 0 fully saturated rings. The van der Waals surface area contributed by atoms with E-state index in [1.807, 2.05) is 36.4 Å². The van der Waals surface area contributed by atoms with E-state index in [0.29, 0.717) is 0 Å². The Balaban J connectivity index is 0.000000245. The predicted octanol–water partition coefficient (Wildman–Crippen LogP) is -0.399. The molecule has 0 aromatic heterocycles. The van der Waals surface area contributed by atoms with E-state index in [2.05, 4.69) is 56.3 Å². The van der Waals surface area contributed by atoms with Crippen LogP contribution in [-0.4, -0.2) is 37.5 Å². The molecule has 15 heavy (non-hydrogen) atoms. The second-order valence-electron chi connectivity index (χ2n) is 2.67. The van der Waals surface area contributed by atoms with E-state index in [4.69, 9.17) is 0 Å². The molecular weight excluding hydrogens is 318 g/mol. The molecule has 0 aliphatic carbocycles. The molecule has 2 N–H and O–H groups in total. The van der Waals surface area contributed by atoms with Gasteiger partial charge in [-0.15, -0.1) is 0 Å². The summed E-state index contributed by atoms with van der Waals surface area (Å²) in [6, 6.07) is 20.3. The van der Waals surface area contributed by atoms with Crippen molar-refractivity contribution in [1.29, 1.82) is 0 Å². The topological polar surface area (TPSA) is 31.5 Å². The van der Waals surface area contributed by atoms with E-state index >= 15 is 0 Å². The van der Waals surface area contributed by atoms with Gasteiger partial charge >= 0.3 is 102 Å². The van der Waals surface area contributed by atoms with Crippen LogP contribution in [0, 0.1) is 0 Å². The van der Waals surface area contributed by atoms with Crippen molar-refractivity contribution in [3.63, 3.8) is 0 Å². The van der Waals surface area contributed by atoms with Crippen molar-refractivity contribution < 1.29 is 5.48 Å². The third-order valence-corrected chi connectivity index (χ3v) is 2.76. The molecule has 0 bridgehead atoms. The van der Waals surface area contributed by atoms with Crippen molar-refractivity contribution in [2.75, 3.05) is 0 Å². The van der Waals surface area contributed by atoms with Gasteiger partial charge in [0.1, 0.15) is 0 Å². The van der Waals surface area contributed by atoms with Crippen LogP contribution < -0.4 is 8.92 Å². The molecule has 0 aliphatic heterocycles. The van der Waals surface area contributed by atoms with Crippen molar-refractivity contribution in [2.24, 2.45) is 0 Å². The van der Waals surface area contributed by atoms with Crippen LogP contribution in [0.5, 0.6) is 0 Å². The van der Waals surface area contributed by atoms with Crippen LogP contribution in [0.4, 0.5) is 0 Å². The predicted molar refractivity (Wildman–Crippen MR) is 70.1 cm³/mol. The van der Waals surface area contributed by atoms with E-state index < -0.39 is 0 Å². The zero-order chi connectivity index (χ0) is 10.2. The van der Waals surface area contributed by atoms with Crippen LogP contribution in [-0.2, 0) is 0 Å². The van der Waals surface area contributed by atoms with Crippen LogP contribution in [0.25, 0.3) is 0 Å². The van der Waals surface area contributed by atoms with Gasteiger partial charge in [-0.2, -0.15) is 0 Å². The van der Waals surface area contributed by atoms with E-state index in [1.165, 1.54) is 8.92 Å². The third-order valence-electron chi connectivity index (χ3n) is 1.51. The van der Waals surface area contributed by atoms with E-state index in [1.54, 1.807) is 0 Å². The second-order valence-corrected chi connectivity index (χ2v) is 4.84. The van der Waals surface area contributed by atoms with E-state index in [9.17, 15) is 0 Å². The van der Waals surface area contributed by atoms with Gasteiger partial charge in [0.25, 0.3) is 0 Å². The summed E-state index contributed by atoms with van der Waals surface area (Å²) >= 11 is 4.99. The second kappa shape index (κ2) is 8.72. The molecule has 2 rings (SSSR count). The van der Waals surface area contributed by atoms with Crippen molar-refractivity contribution in [3.8, 4) is 0 Å². The van der Waals surface area contributed by atoms with Gasteiger partial charge in [0, 0.05) is 0 Å². The van der Waals surface area contributed by atoms with Crippen LogP contribution in [0.1, 0.15) is 0 Å². The maximum atomic E-state index is 2.49. The van der Waals surface area contributed by atoms with Crippen LogP contribution in [0.3, 0.4) is 0 Å². The number of hydrogen-bond donors (Lipinski definition) is 0. The summed E-state index contributed by atoms with van der Waals surface area (Å²) in [4.78, 5) is 0. The van der Waals surface area contributed by atoms with Gasteiger partial charge in [-0.05, 0) is 0 Å². The van der Waals surface area contributed by atoms with Crippen LogP contribution in [0.2, 0.25) is 0 Å². The summed E-state index contributed by atoms with van der Waals surface area (Å²) in [5, 5.41) is 0. The monoisotopic (exact) mass is 334 g/mol. The maximum absolute atomic E-state index is 2.49. The third kappa shape index (κ3) is 7.38. The van der Waals surface area contributed by atoms with Crippen LogP contribution in [0.15, 0.2) is 60.7 Å². The first-order valence-corrected chi connectivity index (χ1v) is 6.15. The molecule has 0 saturated carbocycles. The summed E-state index contributed by atoms with van der Waals surface area (Å²) in [5.74, 6) is 0. The molecule has 1 nitrogen and oxygen atoms in total. The van der Waals surface area contributed by atoms with Gasteiger partial charge in [-0.3, -0.25) is 0 Å². The summed E-state index contributed by atoms with van der Waals surface area (Å²) in [6.45, 7) is 0. The molecule has 0 unspecified atom stereocenters. The van der Waals surface area contributed by atoms with Gasteiger partial charge in [0.2, 0.25) is 0 Å². The zero-order valence-corrected chi connectivity index (χ0v) is 11.9. The van der Waals surface area contributed by atoms with Crippen molar-refractivity contribution >= 4 is 40.9 Å². The Kier molecular flexibility index (Phi) is 8.40. The van der Waals surface area contributed by atoms with Crippen molar-refractivity contribution in [3.05, 3.63) is 60.7 Å². The molecule has 0 radical (unpaired) electrons. The van der Waals surface area contributed by atoms with Gasteiger partial charge in [-0.25, -0.2) is 0 Å². The normalized spacial score (nSPS) is 8.13. The Morgan fingerprint density at radius 3 is 0.933 bits per heavy atom. The molecule has 0 atom stereocenters. The molecule has 0 spiro atoms. The minimum atomic E-state index is 0. The first-order chi connectivity index (χ1) is 6.79. The fourth-order valence-corrected chi connectivity index (χ4v) is 1.58. The summed E-state index contributed by atoms with van der Waals surface area (Å²) < 4.78 is 2.52. The van der Waals surface area contributed by atoms with Crippen molar-refractivity contribution in [1.82, 2.24) is 0 Å². The number of rotatable bonds is 0. The Morgan fingerprint density at radius 2 is 0.800 bits per heavy atom. The average molecular weight is 332 g/mol. The molecular formula is C12H14OSe2. The Morgan fingerprint density at radius 1 is 0.533 bits per heavy atom. The average Bonchev–Trinajstić information content (AvgIpc) is 2.21. The molecule has 3 heteroatoms. The summed E-state index contributed by atoms with van der Waals surface area (Å²) in [5.41, 5.74) is 0. The van der Waals surface area contributed by atoms with Crippen LogP contribution >= 0.6 is 0 Å². The molecule has 0 heterocycles. The van der Waals surface area contributed by atoms with Crippen molar-refractivity contribution in [2.45, 2.75) is 0 Å². The Bertz CT molecular complexity index is 311. The Labute approximate surface area is 107 Å². The molecule has 0 saturated heterocycles. The van der Waals surface area contributed by atoms with E-state index in [-0.39, 0.29) is 5.48 Å². The molecule has 0 aliphatic rings. The SMILES string of the molecule is O.[SeH]c1ccccc1.[SeH]c1ccccc1. The fourth-order valence-electron chi connectivity index (χ4n) is 0.856. The number of benzene rings is 2. The molecule has 2 aromatic rings. The quantitative estimate of drug-likeness (QED) is 0.588.